The zero-order valence-electron chi connectivity index (χ0n) is 25.2. The number of rotatable bonds is 11. The fraction of sp³-hybridized carbons (Fsp3) is 0.581. The topological polar surface area (TPSA) is 223 Å². The largest absolute Gasteiger partial charge is 0.504 e. The molecule has 3 saturated heterocycles. The third kappa shape index (κ3) is 7.17. The zero-order valence-corrected chi connectivity index (χ0v) is 25.2. The number of aliphatic hydroxyl groups excluding tert-OH is 6. The van der Waals surface area contributed by atoms with Crippen molar-refractivity contribution in [2.75, 3.05) is 34.0 Å². The molecule has 11 atom stereocenters. The van der Waals surface area contributed by atoms with Crippen LogP contribution in [0.4, 0.5) is 0 Å². The summed E-state index contributed by atoms with van der Waals surface area (Å²) in [6.45, 7) is -0.793. The van der Waals surface area contributed by atoms with Crippen LogP contribution in [0.3, 0.4) is 0 Å². The molecule has 3 aliphatic rings. The minimum atomic E-state index is -1.69. The fourth-order valence-corrected chi connectivity index (χ4v) is 5.87. The van der Waals surface area contributed by atoms with Crippen molar-refractivity contribution >= 4 is 5.97 Å². The quantitative estimate of drug-likeness (QED) is 0.139. The predicted octanol–water partition coefficient (Wildman–Crippen LogP) is -1.37. The Morgan fingerprint density at radius 3 is 2.22 bits per heavy atom. The number of methoxy groups -OCH3 is 2. The van der Waals surface area contributed by atoms with Gasteiger partial charge in [-0.1, -0.05) is 12.1 Å². The van der Waals surface area contributed by atoms with Crippen LogP contribution in [0.15, 0.2) is 36.4 Å². The number of carbonyl (C=O) groups is 1. The van der Waals surface area contributed by atoms with Gasteiger partial charge in [0, 0.05) is 5.92 Å². The second-order valence-corrected chi connectivity index (χ2v) is 11.6. The molecule has 0 aliphatic carbocycles. The molecule has 254 valence electrons. The van der Waals surface area contributed by atoms with Gasteiger partial charge in [0.05, 0.1) is 40.0 Å². The number of hydrogen-bond acceptors (Lipinski definition) is 15. The first-order valence-corrected chi connectivity index (χ1v) is 14.8. The molecule has 3 heterocycles. The molecule has 0 radical (unpaired) electrons. The van der Waals surface area contributed by atoms with Crippen LogP contribution in [-0.4, -0.2) is 131 Å². The van der Waals surface area contributed by atoms with E-state index in [0.29, 0.717) is 18.6 Å². The molecule has 5 rings (SSSR count). The summed E-state index contributed by atoms with van der Waals surface area (Å²) >= 11 is 0. The summed E-state index contributed by atoms with van der Waals surface area (Å²) in [6, 6.07) is 9.96. The smallest absolute Gasteiger partial charge is 0.309 e. The van der Waals surface area contributed by atoms with Crippen LogP contribution in [0, 0.1) is 11.8 Å². The van der Waals surface area contributed by atoms with E-state index in [2.05, 4.69) is 0 Å². The summed E-state index contributed by atoms with van der Waals surface area (Å²) in [5.41, 5.74) is 1.60. The summed E-state index contributed by atoms with van der Waals surface area (Å²) in [5, 5.41) is 71.2. The first kappa shape index (κ1) is 34.1. The average molecular weight is 653 g/mol. The van der Waals surface area contributed by atoms with Gasteiger partial charge in [-0.3, -0.25) is 4.79 Å². The fourth-order valence-electron chi connectivity index (χ4n) is 5.87. The van der Waals surface area contributed by atoms with Crippen LogP contribution in [0.1, 0.15) is 11.1 Å². The number of carbonyl (C=O) groups excluding carboxylic acids is 1. The normalized spacial score (nSPS) is 34.6. The van der Waals surface area contributed by atoms with Crippen molar-refractivity contribution < 1.29 is 73.7 Å². The minimum absolute atomic E-state index is 0.0172. The molecule has 15 heteroatoms. The first-order chi connectivity index (χ1) is 22.0. The number of aliphatic hydroxyl groups is 6. The Labute approximate surface area is 264 Å². The SMILES string of the molecule is COc1cc(C[C@H]2COC(=O)[C@@H]2Cc2ccc(O[C@@H]3O[C@H](CO)[C@@H](O)[C@H](O)[C@H]3O[C@@H]3OC[C@@H](O)[C@H](O)[C@H]3O)c(OC)c2)ccc1O. The molecule has 0 unspecified atom stereocenters. The maximum absolute atomic E-state index is 12.7. The van der Waals surface area contributed by atoms with Crippen LogP contribution < -0.4 is 14.2 Å². The maximum Gasteiger partial charge on any atom is 0.309 e. The molecule has 3 fully saturated rings. The van der Waals surface area contributed by atoms with E-state index in [-0.39, 0.29) is 42.3 Å². The van der Waals surface area contributed by atoms with Gasteiger partial charge >= 0.3 is 5.97 Å². The van der Waals surface area contributed by atoms with E-state index in [1.165, 1.54) is 20.3 Å². The molecule has 46 heavy (non-hydrogen) atoms. The van der Waals surface area contributed by atoms with Gasteiger partial charge in [0.1, 0.15) is 36.6 Å². The van der Waals surface area contributed by atoms with Crippen molar-refractivity contribution in [3.63, 3.8) is 0 Å². The average Bonchev–Trinajstić information content (AvgIpc) is 3.39. The van der Waals surface area contributed by atoms with E-state index >= 15 is 0 Å². The summed E-state index contributed by atoms with van der Waals surface area (Å²) in [4.78, 5) is 12.7. The lowest BCUT2D eigenvalue weighted by atomic mass is 9.85. The summed E-state index contributed by atoms with van der Waals surface area (Å²) in [5.74, 6) is -0.222. The number of ether oxygens (including phenoxy) is 7. The molecule has 2 aromatic rings. The van der Waals surface area contributed by atoms with Gasteiger partial charge in [0.25, 0.3) is 0 Å². The second-order valence-electron chi connectivity index (χ2n) is 11.6. The highest BCUT2D eigenvalue weighted by atomic mass is 16.8. The second kappa shape index (κ2) is 14.7. The van der Waals surface area contributed by atoms with Crippen LogP contribution >= 0.6 is 0 Å². The van der Waals surface area contributed by atoms with Gasteiger partial charge in [-0.05, 0) is 48.2 Å². The predicted molar refractivity (Wildman–Crippen MR) is 154 cm³/mol. The van der Waals surface area contributed by atoms with Crippen molar-refractivity contribution in [2.45, 2.75) is 68.1 Å². The van der Waals surface area contributed by atoms with Crippen molar-refractivity contribution in [3.05, 3.63) is 47.5 Å². The highest BCUT2D eigenvalue weighted by Gasteiger charge is 2.50. The van der Waals surface area contributed by atoms with Crippen LogP contribution in [0.5, 0.6) is 23.0 Å². The molecule has 7 N–H and O–H groups in total. The number of hydrogen-bond donors (Lipinski definition) is 7. The lowest BCUT2D eigenvalue weighted by Gasteiger charge is -2.44. The third-order valence-corrected chi connectivity index (χ3v) is 8.55. The number of phenolic OH excluding ortho intramolecular Hbond substituents is 1. The molecule has 0 spiro atoms. The van der Waals surface area contributed by atoms with Gasteiger partial charge in [-0.2, -0.15) is 0 Å². The molecule has 0 saturated carbocycles. The summed E-state index contributed by atoms with van der Waals surface area (Å²) in [7, 11) is 2.86. The Morgan fingerprint density at radius 1 is 0.804 bits per heavy atom. The van der Waals surface area contributed by atoms with Gasteiger partial charge in [0.15, 0.2) is 35.4 Å². The summed E-state index contributed by atoms with van der Waals surface area (Å²) in [6.07, 6.45) is -12.8. The lowest BCUT2D eigenvalue weighted by molar-refractivity contribution is -0.345. The number of aromatic hydroxyl groups is 1. The first-order valence-electron chi connectivity index (χ1n) is 14.8. The third-order valence-electron chi connectivity index (χ3n) is 8.55. The van der Waals surface area contributed by atoms with Crippen molar-refractivity contribution in [1.82, 2.24) is 0 Å². The number of benzene rings is 2. The lowest BCUT2D eigenvalue weighted by Crippen LogP contribution is -2.63. The van der Waals surface area contributed by atoms with E-state index in [0.717, 1.165) is 11.1 Å². The maximum atomic E-state index is 12.7. The van der Waals surface area contributed by atoms with Gasteiger partial charge in [-0.25, -0.2) is 0 Å². The van der Waals surface area contributed by atoms with E-state index in [9.17, 15) is 40.5 Å². The molecule has 0 aromatic heterocycles. The Bertz CT molecular complexity index is 1340. The Balaban J connectivity index is 1.32. The van der Waals surface area contributed by atoms with Crippen LogP contribution in [-0.2, 0) is 36.6 Å². The van der Waals surface area contributed by atoms with Gasteiger partial charge < -0.3 is 68.9 Å². The number of cyclic esters (lactones) is 1. The van der Waals surface area contributed by atoms with Gasteiger partial charge in [0.2, 0.25) is 6.29 Å². The minimum Gasteiger partial charge on any atom is -0.504 e. The molecular formula is C31H40O15. The van der Waals surface area contributed by atoms with Crippen molar-refractivity contribution in [2.24, 2.45) is 11.8 Å². The van der Waals surface area contributed by atoms with Gasteiger partial charge in [-0.15, -0.1) is 0 Å². The van der Waals surface area contributed by atoms with Crippen molar-refractivity contribution in [1.29, 1.82) is 0 Å². The molecule has 0 amide bonds. The Hall–Kier alpha value is -3.25. The van der Waals surface area contributed by atoms with Crippen molar-refractivity contribution in [3.8, 4) is 23.0 Å². The highest BCUT2D eigenvalue weighted by Crippen LogP contribution is 2.37. The standard InChI is InChI=1S/C31H40O15/c1-40-21-9-14(3-5-18(21)33)7-16-12-42-29(39)17(16)8-15-4-6-20(22(10-15)41-2)44-31-28(26(37)25(36)23(11-32)45-31)46-30-27(38)24(35)19(34)13-43-30/h3-6,9-10,16-17,19,23-28,30-38H,7-8,11-13H2,1-2H3/t16-,17+,19+,23+,24-,25+,26-,27+,28+,30-,31+/m0/s1. The van der Waals surface area contributed by atoms with Crippen LogP contribution in [0.25, 0.3) is 0 Å². The van der Waals surface area contributed by atoms with E-state index in [4.69, 9.17) is 33.2 Å². The summed E-state index contributed by atoms with van der Waals surface area (Å²) < 4.78 is 38.9. The number of esters is 1. The van der Waals surface area contributed by atoms with E-state index < -0.39 is 67.8 Å². The molecule has 3 aliphatic heterocycles. The van der Waals surface area contributed by atoms with Crippen LogP contribution in [0.2, 0.25) is 0 Å². The molecule has 0 bridgehead atoms. The van der Waals surface area contributed by atoms with E-state index in [1.807, 2.05) is 0 Å². The molecular weight excluding hydrogens is 612 g/mol. The Morgan fingerprint density at radius 2 is 1.50 bits per heavy atom. The molecule has 15 nitrogen and oxygen atoms in total. The monoisotopic (exact) mass is 652 g/mol. The highest BCUT2D eigenvalue weighted by molar-refractivity contribution is 5.75. The van der Waals surface area contributed by atoms with E-state index in [1.54, 1.807) is 30.3 Å². The molecule has 2 aromatic carbocycles. The zero-order chi connectivity index (χ0) is 33.1. The Kier molecular flexibility index (Phi) is 10.9. The number of phenols is 1.